The van der Waals surface area contributed by atoms with E-state index in [4.69, 9.17) is 0 Å². The summed E-state index contributed by atoms with van der Waals surface area (Å²) in [5.41, 5.74) is 4.00. The largest absolute Gasteiger partial charge is 0.324 e. The Balaban J connectivity index is 1.54. The molecule has 0 radical (unpaired) electrons. The van der Waals surface area contributed by atoms with Gasteiger partial charge in [-0.15, -0.1) is 0 Å². The molecule has 2 aromatic rings. The van der Waals surface area contributed by atoms with E-state index in [2.05, 4.69) is 19.2 Å². The summed E-state index contributed by atoms with van der Waals surface area (Å²) in [4.78, 5) is 14.7. The molecule has 162 valence electrons. The van der Waals surface area contributed by atoms with Crippen LogP contribution in [0.25, 0.3) is 0 Å². The maximum Gasteiger partial charge on any atom is 0.238 e. The fraction of sp³-hybridized carbons (Fsp3) is 0.435. The smallest absolute Gasteiger partial charge is 0.238 e. The summed E-state index contributed by atoms with van der Waals surface area (Å²) in [5.74, 6) is -0.0340. The van der Waals surface area contributed by atoms with Gasteiger partial charge in [0.25, 0.3) is 0 Å². The lowest BCUT2D eigenvalue weighted by atomic mass is 10.0. The first kappa shape index (κ1) is 22.5. The van der Waals surface area contributed by atoms with Crippen molar-refractivity contribution in [2.45, 2.75) is 32.4 Å². The Hall–Kier alpha value is -2.22. The molecule has 1 fully saturated rings. The van der Waals surface area contributed by atoms with Crippen molar-refractivity contribution in [1.29, 1.82) is 0 Å². The SMILES string of the molecule is CCc1cccc(CC)c1NC(=O)CN1CCN(S(=O)(=O)Cc2ccccc2)CC1. The summed E-state index contributed by atoms with van der Waals surface area (Å²) in [6, 6.07) is 15.4. The quantitative estimate of drug-likeness (QED) is 0.701. The second kappa shape index (κ2) is 10.2. The van der Waals surface area contributed by atoms with Crippen molar-refractivity contribution in [3.8, 4) is 0 Å². The second-order valence-electron chi connectivity index (χ2n) is 7.62. The molecule has 1 saturated heterocycles. The molecule has 7 heteroatoms. The van der Waals surface area contributed by atoms with Crippen LogP contribution in [0.3, 0.4) is 0 Å². The van der Waals surface area contributed by atoms with E-state index in [0.717, 1.165) is 35.2 Å². The molecule has 6 nitrogen and oxygen atoms in total. The molecule has 0 saturated carbocycles. The van der Waals surface area contributed by atoms with E-state index in [1.807, 2.05) is 53.4 Å². The van der Waals surface area contributed by atoms with Gasteiger partial charge in [-0.25, -0.2) is 8.42 Å². The number of aryl methyl sites for hydroxylation is 2. The number of anilines is 1. The Bertz CT molecular complexity index is 931. The highest BCUT2D eigenvalue weighted by molar-refractivity contribution is 7.88. The van der Waals surface area contributed by atoms with E-state index >= 15 is 0 Å². The van der Waals surface area contributed by atoms with Crippen molar-refractivity contribution < 1.29 is 13.2 Å². The first-order chi connectivity index (χ1) is 14.4. The third-order valence-electron chi connectivity index (χ3n) is 5.55. The van der Waals surface area contributed by atoms with Gasteiger partial charge in [-0.3, -0.25) is 9.69 Å². The standard InChI is InChI=1S/C23H31N3O3S/c1-3-20-11-8-12-21(4-2)23(20)24-22(27)17-25-13-15-26(16-14-25)30(28,29)18-19-9-6-5-7-10-19/h5-12H,3-4,13-18H2,1-2H3,(H,24,27). The van der Waals surface area contributed by atoms with Crippen molar-refractivity contribution in [3.63, 3.8) is 0 Å². The van der Waals surface area contributed by atoms with Crippen LogP contribution in [0.2, 0.25) is 0 Å². The molecule has 1 heterocycles. The molecule has 30 heavy (non-hydrogen) atoms. The third-order valence-corrected chi connectivity index (χ3v) is 7.40. The second-order valence-corrected chi connectivity index (χ2v) is 9.59. The number of amides is 1. The number of rotatable bonds is 8. The van der Waals surface area contributed by atoms with Crippen LogP contribution in [0.15, 0.2) is 48.5 Å². The number of hydrogen-bond donors (Lipinski definition) is 1. The Morgan fingerprint density at radius 1 is 0.900 bits per heavy atom. The van der Waals surface area contributed by atoms with Crippen LogP contribution >= 0.6 is 0 Å². The molecule has 1 amide bonds. The van der Waals surface area contributed by atoms with Crippen LogP contribution in [-0.2, 0) is 33.4 Å². The van der Waals surface area contributed by atoms with Gasteiger partial charge in [-0.2, -0.15) is 4.31 Å². The van der Waals surface area contributed by atoms with Gasteiger partial charge in [-0.05, 0) is 29.5 Å². The number of para-hydroxylation sites is 1. The van der Waals surface area contributed by atoms with E-state index < -0.39 is 10.0 Å². The Morgan fingerprint density at radius 3 is 2.07 bits per heavy atom. The van der Waals surface area contributed by atoms with Gasteiger partial charge in [0.15, 0.2) is 0 Å². The predicted octanol–water partition coefficient (Wildman–Crippen LogP) is 2.90. The minimum Gasteiger partial charge on any atom is -0.324 e. The van der Waals surface area contributed by atoms with Gasteiger partial charge in [0.05, 0.1) is 12.3 Å². The van der Waals surface area contributed by atoms with Crippen LogP contribution in [-0.4, -0.2) is 56.3 Å². The molecule has 0 aliphatic carbocycles. The number of carbonyl (C=O) groups excluding carboxylic acids is 1. The molecule has 1 aliphatic rings. The Labute approximate surface area is 179 Å². The van der Waals surface area contributed by atoms with Crippen molar-refractivity contribution >= 4 is 21.6 Å². The fourth-order valence-corrected chi connectivity index (χ4v) is 5.34. The molecule has 1 N–H and O–H groups in total. The summed E-state index contributed by atoms with van der Waals surface area (Å²) in [5, 5.41) is 3.09. The highest BCUT2D eigenvalue weighted by Gasteiger charge is 2.28. The van der Waals surface area contributed by atoms with Crippen LogP contribution in [0, 0.1) is 0 Å². The normalized spacial score (nSPS) is 15.8. The first-order valence-corrected chi connectivity index (χ1v) is 12.2. The van der Waals surface area contributed by atoms with E-state index in [1.165, 1.54) is 4.31 Å². The van der Waals surface area contributed by atoms with E-state index in [0.29, 0.717) is 26.2 Å². The van der Waals surface area contributed by atoms with E-state index in [1.54, 1.807) is 0 Å². The number of carbonyl (C=O) groups is 1. The van der Waals surface area contributed by atoms with Gasteiger partial charge in [0.1, 0.15) is 0 Å². The van der Waals surface area contributed by atoms with Gasteiger partial charge in [0.2, 0.25) is 15.9 Å². The molecule has 1 aliphatic heterocycles. The van der Waals surface area contributed by atoms with Crippen LogP contribution in [0.4, 0.5) is 5.69 Å². The van der Waals surface area contributed by atoms with E-state index in [9.17, 15) is 13.2 Å². The molecule has 0 aromatic heterocycles. The summed E-state index contributed by atoms with van der Waals surface area (Å²) < 4.78 is 26.9. The van der Waals surface area contributed by atoms with Crippen molar-refractivity contribution in [2.24, 2.45) is 0 Å². The molecular weight excluding hydrogens is 398 g/mol. The van der Waals surface area contributed by atoms with Crippen molar-refractivity contribution in [1.82, 2.24) is 9.21 Å². The average molecular weight is 430 g/mol. The maximum atomic E-state index is 12.7. The number of benzene rings is 2. The fourth-order valence-electron chi connectivity index (χ4n) is 3.83. The van der Waals surface area contributed by atoms with Gasteiger partial charge in [-0.1, -0.05) is 62.4 Å². The highest BCUT2D eigenvalue weighted by atomic mass is 32.2. The lowest BCUT2D eigenvalue weighted by Crippen LogP contribution is -2.50. The highest BCUT2D eigenvalue weighted by Crippen LogP contribution is 2.22. The topological polar surface area (TPSA) is 69.7 Å². The van der Waals surface area contributed by atoms with Crippen LogP contribution in [0.5, 0.6) is 0 Å². The maximum absolute atomic E-state index is 12.7. The number of piperazine rings is 1. The number of sulfonamides is 1. The molecule has 0 bridgehead atoms. The molecule has 0 spiro atoms. The third kappa shape index (κ3) is 5.68. The minimum absolute atomic E-state index is 0.0158. The zero-order valence-corrected chi connectivity index (χ0v) is 18.6. The van der Waals surface area contributed by atoms with Gasteiger partial charge >= 0.3 is 0 Å². The zero-order valence-electron chi connectivity index (χ0n) is 17.8. The Morgan fingerprint density at radius 2 is 1.50 bits per heavy atom. The lowest BCUT2D eigenvalue weighted by Gasteiger charge is -2.33. The van der Waals surface area contributed by atoms with Crippen molar-refractivity contribution in [2.75, 3.05) is 38.0 Å². The van der Waals surface area contributed by atoms with E-state index in [-0.39, 0.29) is 18.2 Å². The van der Waals surface area contributed by atoms with Crippen LogP contribution < -0.4 is 5.32 Å². The first-order valence-electron chi connectivity index (χ1n) is 10.6. The summed E-state index contributed by atoms with van der Waals surface area (Å²) in [6.07, 6.45) is 1.73. The lowest BCUT2D eigenvalue weighted by molar-refractivity contribution is -0.117. The molecule has 0 atom stereocenters. The molecule has 0 unspecified atom stereocenters. The Kier molecular flexibility index (Phi) is 7.64. The van der Waals surface area contributed by atoms with Crippen molar-refractivity contribution in [3.05, 3.63) is 65.2 Å². The molecule has 2 aromatic carbocycles. The number of hydrogen-bond acceptors (Lipinski definition) is 4. The molecule has 3 rings (SSSR count). The summed E-state index contributed by atoms with van der Waals surface area (Å²) in [6.45, 7) is 6.37. The summed E-state index contributed by atoms with van der Waals surface area (Å²) in [7, 11) is -3.35. The zero-order chi connectivity index (χ0) is 21.6. The van der Waals surface area contributed by atoms with Gasteiger partial charge in [0, 0.05) is 31.9 Å². The van der Waals surface area contributed by atoms with Gasteiger partial charge < -0.3 is 5.32 Å². The monoisotopic (exact) mass is 429 g/mol. The van der Waals surface area contributed by atoms with Crippen LogP contribution in [0.1, 0.15) is 30.5 Å². The minimum atomic E-state index is -3.35. The average Bonchev–Trinajstić information content (AvgIpc) is 2.74. The predicted molar refractivity (Wildman–Crippen MR) is 121 cm³/mol. The summed E-state index contributed by atoms with van der Waals surface area (Å²) >= 11 is 0. The number of nitrogens with zero attached hydrogens (tertiary/aromatic N) is 2. The molecular formula is C23H31N3O3S. The number of nitrogens with one attached hydrogen (secondary N) is 1.